The number of rotatable bonds is 3. The van der Waals surface area contributed by atoms with Gasteiger partial charge < -0.3 is 10.1 Å². The van der Waals surface area contributed by atoms with Gasteiger partial charge in [-0.05, 0) is 30.5 Å². The van der Waals surface area contributed by atoms with Crippen LogP contribution in [-0.4, -0.2) is 12.2 Å². The number of halogens is 1. The summed E-state index contributed by atoms with van der Waals surface area (Å²) in [5.41, 5.74) is 1.73. The van der Waals surface area contributed by atoms with Crippen molar-refractivity contribution in [1.82, 2.24) is 0 Å². The highest BCUT2D eigenvalue weighted by Crippen LogP contribution is 2.35. The molecule has 1 N–H and O–H groups in total. The second kappa shape index (κ2) is 4.04. The standard InChI is InChI=1S/C12H12FNO2/c1-7-9-5-8(3-2-4-15)6-10(13)11(9)14-12(7)16/h4-7H,2-3H2,1H3,(H,14,16). The number of hydrogen-bond acceptors (Lipinski definition) is 2. The molecule has 4 heteroatoms. The highest BCUT2D eigenvalue weighted by molar-refractivity contribution is 6.02. The molecular formula is C12H12FNO2. The zero-order valence-corrected chi connectivity index (χ0v) is 8.92. The number of amides is 1. The number of nitrogens with one attached hydrogen (secondary N) is 1. The maximum absolute atomic E-state index is 13.6. The Morgan fingerprint density at radius 3 is 2.94 bits per heavy atom. The van der Waals surface area contributed by atoms with Crippen molar-refractivity contribution >= 4 is 17.9 Å². The number of benzene rings is 1. The molecule has 84 valence electrons. The summed E-state index contributed by atoms with van der Waals surface area (Å²) in [6, 6.07) is 3.17. The third-order valence-electron chi connectivity index (χ3n) is 2.84. The van der Waals surface area contributed by atoms with E-state index in [1.165, 1.54) is 6.07 Å². The summed E-state index contributed by atoms with van der Waals surface area (Å²) in [4.78, 5) is 21.6. The van der Waals surface area contributed by atoms with Crippen LogP contribution in [0.5, 0.6) is 0 Å². The minimum atomic E-state index is -0.420. The molecule has 0 saturated carbocycles. The van der Waals surface area contributed by atoms with Crippen LogP contribution in [-0.2, 0) is 16.0 Å². The van der Waals surface area contributed by atoms with Crippen molar-refractivity contribution in [2.45, 2.75) is 25.7 Å². The highest BCUT2D eigenvalue weighted by atomic mass is 19.1. The van der Waals surface area contributed by atoms with Gasteiger partial charge in [-0.15, -0.1) is 0 Å². The van der Waals surface area contributed by atoms with Gasteiger partial charge in [0.05, 0.1) is 11.6 Å². The normalized spacial score (nSPS) is 18.1. The molecule has 1 atom stereocenters. The minimum absolute atomic E-state index is 0.179. The summed E-state index contributed by atoms with van der Waals surface area (Å²) in [7, 11) is 0. The fraction of sp³-hybridized carbons (Fsp3) is 0.333. The average Bonchev–Trinajstić information content (AvgIpc) is 2.54. The summed E-state index contributed by atoms with van der Waals surface area (Å²) >= 11 is 0. The number of anilines is 1. The lowest BCUT2D eigenvalue weighted by atomic mass is 9.98. The SMILES string of the molecule is CC1C(=O)Nc2c(F)cc(CCC=O)cc21. The summed E-state index contributed by atoms with van der Waals surface area (Å²) in [5, 5.41) is 2.52. The van der Waals surface area contributed by atoms with Crippen LogP contribution in [0.25, 0.3) is 0 Å². The maximum atomic E-state index is 13.6. The lowest BCUT2D eigenvalue weighted by molar-refractivity contribution is -0.116. The van der Waals surface area contributed by atoms with Crippen LogP contribution in [0.4, 0.5) is 10.1 Å². The quantitative estimate of drug-likeness (QED) is 0.793. The molecule has 1 aliphatic heterocycles. The fourth-order valence-corrected chi connectivity index (χ4v) is 1.90. The van der Waals surface area contributed by atoms with E-state index in [0.717, 1.165) is 11.8 Å². The second-order valence-corrected chi connectivity index (χ2v) is 3.96. The number of hydrogen-bond donors (Lipinski definition) is 1. The third-order valence-corrected chi connectivity index (χ3v) is 2.84. The molecule has 16 heavy (non-hydrogen) atoms. The summed E-state index contributed by atoms with van der Waals surface area (Å²) in [6.07, 6.45) is 1.68. The summed E-state index contributed by atoms with van der Waals surface area (Å²) in [6.45, 7) is 1.74. The van der Waals surface area contributed by atoms with Gasteiger partial charge in [0.25, 0.3) is 0 Å². The summed E-state index contributed by atoms with van der Waals surface area (Å²) < 4.78 is 13.6. The van der Waals surface area contributed by atoms with Crippen LogP contribution in [0.1, 0.15) is 30.4 Å². The number of aryl methyl sites for hydroxylation is 1. The molecule has 0 radical (unpaired) electrons. The molecule has 0 aliphatic carbocycles. The van der Waals surface area contributed by atoms with Crippen molar-refractivity contribution in [3.05, 3.63) is 29.1 Å². The molecule has 1 amide bonds. The Bertz CT molecular complexity index is 457. The number of fused-ring (bicyclic) bond motifs is 1. The van der Waals surface area contributed by atoms with Crippen molar-refractivity contribution in [2.75, 3.05) is 5.32 Å². The number of aldehydes is 1. The Morgan fingerprint density at radius 1 is 1.50 bits per heavy atom. The van der Waals surface area contributed by atoms with Gasteiger partial charge in [-0.25, -0.2) is 4.39 Å². The van der Waals surface area contributed by atoms with Crippen molar-refractivity contribution in [2.24, 2.45) is 0 Å². The largest absolute Gasteiger partial charge is 0.323 e. The Kier molecular flexibility index (Phi) is 2.73. The lowest BCUT2D eigenvalue weighted by Gasteiger charge is -2.06. The van der Waals surface area contributed by atoms with Gasteiger partial charge in [-0.3, -0.25) is 4.79 Å². The van der Waals surface area contributed by atoms with Gasteiger partial charge >= 0.3 is 0 Å². The molecule has 1 aromatic rings. The van der Waals surface area contributed by atoms with E-state index < -0.39 is 5.82 Å². The number of carbonyl (C=O) groups excluding carboxylic acids is 2. The predicted molar refractivity (Wildman–Crippen MR) is 57.8 cm³/mol. The maximum Gasteiger partial charge on any atom is 0.231 e. The first-order valence-electron chi connectivity index (χ1n) is 5.20. The Labute approximate surface area is 92.7 Å². The molecule has 0 aromatic heterocycles. The van der Waals surface area contributed by atoms with Gasteiger partial charge in [-0.1, -0.05) is 6.07 Å². The van der Waals surface area contributed by atoms with E-state index in [0.29, 0.717) is 18.4 Å². The van der Waals surface area contributed by atoms with Crippen molar-refractivity contribution in [3.8, 4) is 0 Å². The molecule has 0 saturated heterocycles. The van der Waals surface area contributed by atoms with Gasteiger partial charge in [0, 0.05) is 6.42 Å². The van der Waals surface area contributed by atoms with Crippen LogP contribution in [0.2, 0.25) is 0 Å². The number of carbonyl (C=O) groups is 2. The molecule has 1 aromatic carbocycles. The van der Waals surface area contributed by atoms with Gasteiger partial charge in [0.2, 0.25) is 5.91 Å². The van der Waals surface area contributed by atoms with Crippen LogP contribution < -0.4 is 5.32 Å². The molecule has 0 bridgehead atoms. The van der Waals surface area contributed by atoms with Gasteiger partial charge in [0.1, 0.15) is 12.1 Å². The molecule has 0 fully saturated rings. The zero-order valence-electron chi connectivity index (χ0n) is 8.92. The van der Waals surface area contributed by atoms with E-state index in [4.69, 9.17) is 0 Å². The first kappa shape index (κ1) is 10.8. The van der Waals surface area contributed by atoms with Crippen LogP contribution in [0.15, 0.2) is 12.1 Å². The molecule has 2 rings (SSSR count). The highest BCUT2D eigenvalue weighted by Gasteiger charge is 2.29. The van der Waals surface area contributed by atoms with Gasteiger partial charge in [0.15, 0.2) is 0 Å². The monoisotopic (exact) mass is 221 g/mol. The lowest BCUT2D eigenvalue weighted by Crippen LogP contribution is -2.08. The molecule has 1 heterocycles. The smallest absolute Gasteiger partial charge is 0.231 e. The molecule has 1 aliphatic rings. The van der Waals surface area contributed by atoms with Crippen molar-refractivity contribution < 1.29 is 14.0 Å². The van der Waals surface area contributed by atoms with Crippen LogP contribution in [0, 0.1) is 5.82 Å². The van der Waals surface area contributed by atoms with Crippen molar-refractivity contribution in [3.63, 3.8) is 0 Å². The Morgan fingerprint density at radius 2 is 2.25 bits per heavy atom. The van der Waals surface area contributed by atoms with E-state index in [9.17, 15) is 14.0 Å². The zero-order chi connectivity index (χ0) is 11.7. The average molecular weight is 221 g/mol. The van der Waals surface area contributed by atoms with Crippen LogP contribution in [0.3, 0.4) is 0 Å². The van der Waals surface area contributed by atoms with E-state index in [1.54, 1.807) is 13.0 Å². The first-order chi connectivity index (χ1) is 7.63. The molecule has 3 nitrogen and oxygen atoms in total. The predicted octanol–water partition coefficient (Wildman–Crippen LogP) is 2.01. The molecule has 1 unspecified atom stereocenters. The van der Waals surface area contributed by atoms with Gasteiger partial charge in [-0.2, -0.15) is 0 Å². The van der Waals surface area contributed by atoms with E-state index in [1.807, 2.05) is 0 Å². The van der Waals surface area contributed by atoms with Crippen LogP contribution >= 0.6 is 0 Å². The second-order valence-electron chi connectivity index (χ2n) is 3.96. The van der Waals surface area contributed by atoms with E-state index in [2.05, 4.69) is 5.32 Å². The first-order valence-corrected chi connectivity index (χ1v) is 5.20. The van der Waals surface area contributed by atoms with E-state index >= 15 is 0 Å². The molecular weight excluding hydrogens is 209 g/mol. The topological polar surface area (TPSA) is 46.2 Å². The summed E-state index contributed by atoms with van der Waals surface area (Å²) in [5.74, 6) is -0.918. The Hall–Kier alpha value is -1.71. The fourth-order valence-electron chi connectivity index (χ4n) is 1.90. The van der Waals surface area contributed by atoms with E-state index in [-0.39, 0.29) is 17.5 Å². The van der Waals surface area contributed by atoms with Crippen molar-refractivity contribution in [1.29, 1.82) is 0 Å². The minimum Gasteiger partial charge on any atom is -0.323 e. The molecule has 0 spiro atoms. The third kappa shape index (κ3) is 1.71. The Balaban J connectivity index is 2.38.